The zero-order valence-corrected chi connectivity index (χ0v) is 19.2. The van der Waals surface area contributed by atoms with Crippen molar-refractivity contribution in [2.24, 2.45) is 0 Å². The summed E-state index contributed by atoms with van der Waals surface area (Å²) in [5.41, 5.74) is 4.38. The van der Waals surface area contributed by atoms with Crippen LogP contribution in [0.25, 0.3) is 5.69 Å². The van der Waals surface area contributed by atoms with Crippen LogP contribution in [0.4, 0.5) is 5.82 Å². The lowest BCUT2D eigenvalue weighted by atomic mass is 10.1. The minimum atomic E-state index is -0.155. The molecule has 1 aromatic carbocycles. The van der Waals surface area contributed by atoms with Crippen LogP contribution in [0.15, 0.2) is 55.0 Å². The first-order valence-corrected chi connectivity index (χ1v) is 10.9. The van der Waals surface area contributed by atoms with Gasteiger partial charge in [-0.15, -0.1) is 0 Å². The fraction of sp³-hybridized carbons (Fsp3) is 0.217. The third-order valence-electron chi connectivity index (χ3n) is 5.20. The van der Waals surface area contributed by atoms with Crippen LogP contribution in [0.5, 0.6) is 0 Å². The number of carbonyl (C=O) groups is 1. The second-order valence-electron chi connectivity index (χ2n) is 7.45. The summed E-state index contributed by atoms with van der Waals surface area (Å²) in [6.07, 6.45) is 6.43. The molecule has 3 aromatic heterocycles. The van der Waals surface area contributed by atoms with E-state index in [2.05, 4.69) is 20.5 Å². The van der Waals surface area contributed by atoms with Crippen molar-refractivity contribution in [3.63, 3.8) is 0 Å². The zero-order chi connectivity index (χ0) is 22.7. The topological polar surface area (TPSA) is 77.6 Å². The Morgan fingerprint density at radius 1 is 1.06 bits per heavy atom. The number of nitrogens with one attached hydrogen (secondary N) is 1. The molecule has 1 amide bonds. The number of aromatic nitrogens is 5. The molecule has 0 radical (unpaired) electrons. The van der Waals surface area contributed by atoms with Crippen LogP contribution in [-0.2, 0) is 24.2 Å². The molecule has 164 valence electrons. The van der Waals surface area contributed by atoms with Gasteiger partial charge < -0.3 is 5.32 Å². The highest BCUT2D eigenvalue weighted by Gasteiger charge is 2.18. The molecule has 0 unspecified atom stereocenters. The lowest BCUT2D eigenvalue weighted by Gasteiger charge is -2.08. The molecule has 0 aliphatic carbocycles. The Hall–Kier alpha value is -3.16. The van der Waals surface area contributed by atoms with E-state index in [-0.39, 0.29) is 12.3 Å². The summed E-state index contributed by atoms with van der Waals surface area (Å²) in [5.74, 6) is 0.366. The molecule has 0 atom stereocenters. The highest BCUT2D eigenvalue weighted by atomic mass is 35.5. The van der Waals surface area contributed by atoms with Gasteiger partial charge in [0.2, 0.25) is 5.91 Å². The lowest BCUT2D eigenvalue weighted by molar-refractivity contribution is -0.115. The van der Waals surface area contributed by atoms with Gasteiger partial charge in [-0.25, -0.2) is 4.68 Å². The fourth-order valence-corrected chi connectivity index (χ4v) is 4.00. The normalized spacial score (nSPS) is 11.0. The van der Waals surface area contributed by atoms with E-state index in [9.17, 15) is 4.79 Å². The smallest absolute Gasteiger partial charge is 0.230 e. The average Bonchev–Trinajstić information content (AvgIpc) is 3.32. The van der Waals surface area contributed by atoms with Crippen LogP contribution in [0, 0.1) is 13.8 Å². The molecule has 1 N–H and O–H groups in total. The van der Waals surface area contributed by atoms with E-state index in [0.717, 1.165) is 29.1 Å². The van der Waals surface area contributed by atoms with Crippen LogP contribution < -0.4 is 5.32 Å². The predicted molar refractivity (Wildman–Crippen MR) is 126 cm³/mol. The first kappa shape index (κ1) is 22.0. The number of aryl methyl sites for hydroxylation is 3. The van der Waals surface area contributed by atoms with E-state index in [1.165, 1.54) is 5.56 Å². The lowest BCUT2D eigenvalue weighted by Crippen LogP contribution is -2.16. The maximum Gasteiger partial charge on any atom is 0.230 e. The Morgan fingerprint density at radius 3 is 2.59 bits per heavy atom. The molecule has 0 aliphatic rings. The molecule has 0 saturated heterocycles. The SMILES string of the molecule is Cc1nn(-c2ccc(Cl)cc2Cl)c(C)c1CC(=O)Nc1ccn(CCc2ccncc2)n1. The van der Waals surface area contributed by atoms with Gasteiger partial charge in [0.1, 0.15) is 0 Å². The van der Waals surface area contributed by atoms with Crippen molar-refractivity contribution in [3.8, 4) is 5.69 Å². The van der Waals surface area contributed by atoms with Gasteiger partial charge in [-0.05, 0) is 56.2 Å². The maximum absolute atomic E-state index is 12.7. The van der Waals surface area contributed by atoms with Gasteiger partial charge >= 0.3 is 0 Å². The number of halogens is 2. The van der Waals surface area contributed by atoms with E-state index >= 15 is 0 Å². The van der Waals surface area contributed by atoms with Gasteiger partial charge in [-0.3, -0.25) is 14.5 Å². The number of hydrogen-bond acceptors (Lipinski definition) is 4. The molecule has 0 spiro atoms. The van der Waals surface area contributed by atoms with E-state index < -0.39 is 0 Å². The van der Waals surface area contributed by atoms with Crippen molar-refractivity contribution in [2.45, 2.75) is 33.2 Å². The van der Waals surface area contributed by atoms with E-state index in [1.807, 2.05) is 42.9 Å². The number of benzene rings is 1. The van der Waals surface area contributed by atoms with Gasteiger partial charge in [0.15, 0.2) is 5.82 Å². The first-order chi connectivity index (χ1) is 15.4. The number of pyridine rings is 1. The van der Waals surface area contributed by atoms with Crippen molar-refractivity contribution in [2.75, 3.05) is 5.32 Å². The average molecular weight is 469 g/mol. The summed E-state index contributed by atoms with van der Waals surface area (Å²) < 4.78 is 3.55. The molecular formula is C23H22Cl2N6O. The Balaban J connectivity index is 1.41. The third-order valence-corrected chi connectivity index (χ3v) is 5.74. The minimum absolute atomic E-state index is 0.155. The molecule has 4 aromatic rings. The highest BCUT2D eigenvalue weighted by Crippen LogP contribution is 2.27. The number of rotatable bonds is 7. The van der Waals surface area contributed by atoms with Crippen LogP contribution in [0.3, 0.4) is 0 Å². The van der Waals surface area contributed by atoms with Crippen molar-refractivity contribution in [3.05, 3.63) is 87.5 Å². The fourth-order valence-electron chi connectivity index (χ4n) is 3.51. The molecule has 7 nitrogen and oxygen atoms in total. The summed E-state index contributed by atoms with van der Waals surface area (Å²) in [4.78, 5) is 16.7. The van der Waals surface area contributed by atoms with Gasteiger partial charge in [-0.1, -0.05) is 23.2 Å². The molecule has 0 fully saturated rings. The number of anilines is 1. The molecule has 0 bridgehead atoms. The Morgan fingerprint density at radius 2 is 1.84 bits per heavy atom. The quantitative estimate of drug-likeness (QED) is 0.422. The predicted octanol–water partition coefficient (Wildman–Crippen LogP) is 4.81. The second kappa shape index (κ2) is 9.54. The number of carbonyl (C=O) groups excluding carboxylic acids is 1. The summed E-state index contributed by atoms with van der Waals surface area (Å²) >= 11 is 12.3. The van der Waals surface area contributed by atoms with Crippen molar-refractivity contribution in [1.82, 2.24) is 24.5 Å². The van der Waals surface area contributed by atoms with Crippen LogP contribution in [0.2, 0.25) is 10.0 Å². The van der Waals surface area contributed by atoms with Crippen molar-refractivity contribution < 1.29 is 4.79 Å². The summed E-state index contributed by atoms with van der Waals surface area (Å²) in [6.45, 7) is 4.51. The van der Waals surface area contributed by atoms with Gasteiger partial charge in [-0.2, -0.15) is 10.2 Å². The highest BCUT2D eigenvalue weighted by molar-refractivity contribution is 6.35. The van der Waals surface area contributed by atoms with E-state index in [1.54, 1.807) is 35.3 Å². The van der Waals surface area contributed by atoms with E-state index in [0.29, 0.717) is 22.4 Å². The van der Waals surface area contributed by atoms with Crippen molar-refractivity contribution >= 4 is 34.9 Å². The standard InChI is InChI=1S/C23H22Cl2N6O/c1-15-19(16(2)31(28-15)21-4-3-18(24)13-20(21)25)14-23(32)27-22-8-12-30(29-22)11-7-17-5-9-26-10-6-17/h3-6,8-10,12-13H,7,11,14H2,1-2H3,(H,27,29,32). The number of amides is 1. The zero-order valence-electron chi connectivity index (χ0n) is 17.7. The number of hydrogen-bond donors (Lipinski definition) is 1. The molecule has 0 saturated carbocycles. The Labute approximate surface area is 196 Å². The molecule has 4 rings (SSSR count). The van der Waals surface area contributed by atoms with Crippen LogP contribution >= 0.6 is 23.2 Å². The minimum Gasteiger partial charge on any atom is -0.309 e. The Kier molecular flexibility index (Phi) is 6.58. The van der Waals surface area contributed by atoms with Crippen LogP contribution in [-0.4, -0.2) is 30.5 Å². The molecular weight excluding hydrogens is 447 g/mol. The van der Waals surface area contributed by atoms with Gasteiger partial charge in [0.25, 0.3) is 0 Å². The monoisotopic (exact) mass is 468 g/mol. The van der Waals surface area contributed by atoms with Gasteiger partial charge in [0, 0.05) is 47.5 Å². The van der Waals surface area contributed by atoms with Crippen molar-refractivity contribution in [1.29, 1.82) is 0 Å². The summed E-state index contributed by atoms with van der Waals surface area (Å²) in [5, 5.41) is 12.9. The third kappa shape index (κ3) is 5.00. The molecule has 0 aliphatic heterocycles. The molecule has 32 heavy (non-hydrogen) atoms. The van der Waals surface area contributed by atoms with Gasteiger partial charge in [0.05, 0.1) is 22.8 Å². The summed E-state index contributed by atoms with van der Waals surface area (Å²) in [6, 6.07) is 11.0. The second-order valence-corrected chi connectivity index (χ2v) is 8.30. The maximum atomic E-state index is 12.7. The van der Waals surface area contributed by atoms with E-state index in [4.69, 9.17) is 23.2 Å². The van der Waals surface area contributed by atoms with Crippen LogP contribution in [0.1, 0.15) is 22.5 Å². The molecule has 3 heterocycles. The largest absolute Gasteiger partial charge is 0.309 e. The molecule has 9 heteroatoms. The first-order valence-electron chi connectivity index (χ1n) is 10.1. The number of nitrogens with zero attached hydrogens (tertiary/aromatic N) is 5. The summed E-state index contributed by atoms with van der Waals surface area (Å²) in [7, 11) is 0. The Bertz CT molecular complexity index is 1250.